The van der Waals surface area contributed by atoms with E-state index in [0.717, 1.165) is 24.3 Å². The van der Waals surface area contributed by atoms with E-state index in [1.165, 1.54) is 0 Å². The molecule has 3 aromatic carbocycles. The third-order valence-corrected chi connectivity index (χ3v) is 7.90. The fourth-order valence-electron chi connectivity index (χ4n) is 5.95. The fraction of sp³-hybridized carbons (Fsp3) is 0.0556. The minimum Gasteiger partial charge on any atom is -0.192 e. The average Bonchev–Trinajstić information content (AvgIpc) is 3.61. The SMILES string of the molecule is N#CC(C#N)=C1C(c2ccc(C(F)(F)F)cc2)=C(C#N)c2c(C#N)c3c(c(C#N)c21)C(=C(C#N)C#N)C(c1ccc(C(F)(F)F)cc1)=C3C#N. The Bertz CT molecular complexity index is 2360. The Morgan fingerprint density at radius 3 is 0.960 bits per heavy atom. The van der Waals surface area contributed by atoms with E-state index in [1.807, 2.05) is 24.3 Å². The number of benzene rings is 3. The van der Waals surface area contributed by atoms with Gasteiger partial charge in [-0.15, -0.1) is 0 Å². The van der Waals surface area contributed by atoms with E-state index in [1.54, 1.807) is 24.3 Å². The third-order valence-electron chi connectivity index (χ3n) is 7.90. The van der Waals surface area contributed by atoms with Crippen LogP contribution in [0.5, 0.6) is 0 Å². The van der Waals surface area contributed by atoms with Crippen LogP contribution in [-0.2, 0) is 12.4 Å². The maximum Gasteiger partial charge on any atom is 0.416 e. The minimum atomic E-state index is -4.76. The molecule has 2 aliphatic carbocycles. The van der Waals surface area contributed by atoms with Gasteiger partial charge in [-0.3, -0.25) is 0 Å². The lowest BCUT2D eigenvalue weighted by molar-refractivity contribution is -0.138. The molecule has 0 unspecified atom stereocenters. The first-order valence-corrected chi connectivity index (χ1v) is 13.6. The van der Waals surface area contributed by atoms with Gasteiger partial charge in [0.05, 0.1) is 33.4 Å². The molecule has 0 aliphatic heterocycles. The van der Waals surface area contributed by atoms with Gasteiger partial charge < -0.3 is 0 Å². The highest BCUT2D eigenvalue weighted by molar-refractivity contribution is 6.32. The van der Waals surface area contributed by atoms with Crippen LogP contribution < -0.4 is 0 Å². The Morgan fingerprint density at radius 1 is 0.420 bits per heavy atom. The number of nitrogens with zero attached hydrogens (tertiary/aromatic N) is 8. The van der Waals surface area contributed by atoms with E-state index in [2.05, 4.69) is 0 Å². The van der Waals surface area contributed by atoms with Crippen LogP contribution in [0.2, 0.25) is 0 Å². The van der Waals surface area contributed by atoms with Crippen LogP contribution in [0, 0.1) is 90.6 Å². The molecule has 0 N–H and O–H groups in total. The Hall–Kier alpha value is -7.88. The number of halogens is 6. The van der Waals surface area contributed by atoms with Gasteiger partial charge in [0.15, 0.2) is 0 Å². The lowest BCUT2D eigenvalue weighted by Gasteiger charge is -2.16. The molecular formula is C36H8F6N8. The highest BCUT2D eigenvalue weighted by Gasteiger charge is 2.44. The molecule has 5 rings (SSSR count). The first kappa shape index (κ1) is 33.5. The molecule has 0 heterocycles. The number of hydrogen-bond donors (Lipinski definition) is 0. The number of alkyl halides is 6. The Labute approximate surface area is 277 Å². The molecule has 3 aromatic rings. The molecule has 0 saturated carbocycles. The van der Waals surface area contributed by atoms with Crippen molar-refractivity contribution in [3.8, 4) is 48.6 Å². The summed E-state index contributed by atoms with van der Waals surface area (Å²) in [5.41, 5.74) is -8.74. The number of nitriles is 8. The van der Waals surface area contributed by atoms with Gasteiger partial charge in [-0.05, 0) is 35.4 Å². The van der Waals surface area contributed by atoms with Gasteiger partial charge in [-0.1, -0.05) is 24.3 Å². The molecule has 0 fully saturated rings. The molecule has 14 heteroatoms. The first-order chi connectivity index (χ1) is 23.8. The molecule has 0 atom stereocenters. The van der Waals surface area contributed by atoms with Crippen LogP contribution >= 0.6 is 0 Å². The maximum absolute atomic E-state index is 13.4. The predicted molar refractivity (Wildman–Crippen MR) is 160 cm³/mol. The topological polar surface area (TPSA) is 190 Å². The number of allylic oxidation sites excluding steroid dienone is 8. The lowest BCUT2D eigenvalue weighted by Crippen LogP contribution is -2.05. The van der Waals surface area contributed by atoms with Gasteiger partial charge in [0, 0.05) is 44.5 Å². The molecule has 0 radical (unpaired) electrons. The van der Waals surface area contributed by atoms with Crippen LogP contribution in [-0.4, -0.2) is 0 Å². The fourth-order valence-corrected chi connectivity index (χ4v) is 5.95. The normalized spacial score (nSPS) is 13.0. The highest BCUT2D eigenvalue weighted by atomic mass is 19.4. The van der Waals surface area contributed by atoms with E-state index >= 15 is 0 Å². The second kappa shape index (κ2) is 12.0. The zero-order valence-corrected chi connectivity index (χ0v) is 24.5. The number of hydrogen-bond acceptors (Lipinski definition) is 8. The van der Waals surface area contributed by atoms with Gasteiger partial charge in [0.1, 0.15) is 59.7 Å². The van der Waals surface area contributed by atoms with Gasteiger partial charge in [-0.25, -0.2) is 0 Å². The number of fused-ring (bicyclic) bond motifs is 2. The van der Waals surface area contributed by atoms with Crippen molar-refractivity contribution < 1.29 is 26.3 Å². The summed E-state index contributed by atoms with van der Waals surface area (Å²) < 4.78 is 80.4. The van der Waals surface area contributed by atoms with E-state index < -0.39 is 68.0 Å². The molecule has 0 spiro atoms. The van der Waals surface area contributed by atoms with Crippen LogP contribution in [0.15, 0.2) is 59.7 Å². The third kappa shape index (κ3) is 4.88. The van der Waals surface area contributed by atoms with Gasteiger partial charge >= 0.3 is 12.4 Å². The second-order valence-electron chi connectivity index (χ2n) is 10.3. The van der Waals surface area contributed by atoms with Crippen LogP contribution in [0.25, 0.3) is 33.4 Å². The monoisotopic (exact) mass is 666 g/mol. The summed E-state index contributed by atoms with van der Waals surface area (Å²) in [5.74, 6) is 0. The second-order valence-corrected chi connectivity index (χ2v) is 10.3. The Morgan fingerprint density at radius 2 is 0.720 bits per heavy atom. The van der Waals surface area contributed by atoms with Crippen LogP contribution in [0.1, 0.15) is 55.6 Å². The smallest absolute Gasteiger partial charge is 0.192 e. The Kier molecular flexibility index (Phi) is 8.07. The molecule has 8 nitrogen and oxygen atoms in total. The molecule has 2 aliphatic rings. The summed E-state index contributed by atoms with van der Waals surface area (Å²) in [6.45, 7) is 0. The van der Waals surface area contributed by atoms with Crippen molar-refractivity contribution in [2.45, 2.75) is 12.4 Å². The quantitative estimate of drug-likeness (QED) is 0.194. The lowest BCUT2D eigenvalue weighted by atomic mass is 9.82. The molecule has 0 amide bonds. The van der Waals surface area contributed by atoms with E-state index in [9.17, 15) is 68.4 Å². The summed E-state index contributed by atoms with van der Waals surface area (Å²) >= 11 is 0. The molecular weight excluding hydrogens is 658 g/mol. The molecule has 50 heavy (non-hydrogen) atoms. The van der Waals surface area contributed by atoms with Gasteiger partial charge in [-0.2, -0.15) is 68.4 Å². The summed E-state index contributed by atoms with van der Waals surface area (Å²) in [7, 11) is 0. The largest absolute Gasteiger partial charge is 0.416 e. The Balaban J connectivity index is 2.03. The molecule has 0 bridgehead atoms. The predicted octanol–water partition coefficient (Wildman–Crippen LogP) is 7.97. The maximum atomic E-state index is 13.4. The minimum absolute atomic E-state index is 0.122. The highest BCUT2D eigenvalue weighted by Crippen LogP contribution is 2.58. The van der Waals surface area contributed by atoms with Crippen molar-refractivity contribution in [1.29, 1.82) is 42.1 Å². The van der Waals surface area contributed by atoms with Crippen molar-refractivity contribution in [2.24, 2.45) is 0 Å². The summed E-state index contributed by atoms with van der Waals surface area (Å²) in [6.07, 6.45) is -9.52. The van der Waals surface area contributed by atoms with Crippen molar-refractivity contribution >= 4 is 33.4 Å². The molecule has 234 valence electrons. The van der Waals surface area contributed by atoms with Crippen LogP contribution in [0.4, 0.5) is 26.3 Å². The first-order valence-electron chi connectivity index (χ1n) is 13.6. The van der Waals surface area contributed by atoms with Crippen molar-refractivity contribution in [3.05, 3.63) is 115 Å². The zero-order chi connectivity index (χ0) is 36.7. The number of rotatable bonds is 2. The average molecular weight is 667 g/mol. The molecule has 0 aromatic heterocycles. The van der Waals surface area contributed by atoms with Crippen molar-refractivity contribution in [3.63, 3.8) is 0 Å². The van der Waals surface area contributed by atoms with E-state index in [0.29, 0.717) is 24.3 Å². The van der Waals surface area contributed by atoms with Crippen molar-refractivity contribution in [1.82, 2.24) is 0 Å². The van der Waals surface area contributed by atoms with Gasteiger partial charge in [0.2, 0.25) is 0 Å². The van der Waals surface area contributed by atoms with E-state index in [4.69, 9.17) is 0 Å². The molecule has 0 saturated heterocycles. The van der Waals surface area contributed by atoms with E-state index in [-0.39, 0.29) is 44.5 Å². The van der Waals surface area contributed by atoms with Crippen molar-refractivity contribution in [2.75, 3.05) is 0 Å². The zero-order valence-electron chi connectivity index (χ0n) is 24.5. The standard InChI is InChI=1S/C36H8F6N8/c37-35(38,39)21-5-1-17(2-6-21)27-23(13-47)31-25(15-49)32-24(14-48)28(18-3-7-22(8-4-18)36(40,41)42)30(20(11-45)12-46)34(32)26(16-50)33(31)29(27)19(9-43)10-44/h1-8H. The van der Waals surface area contributed by atoms with Crippen LogP contribution in [0.3, 0.4) is 0 Å². The summed E-state index contributed by atoms with van der Waals surface area (Å²) in [4.78, 5) is 0. The summed E-state index contributed by atoms with van der Waals surface area (Å²) in [5, 5.41) is 82.0. The van der Waals surface area contributed by atoms with Gasteiger partial charge in [0.25, 0.3) is 0 Å². The summed E-state index contributed by atoms with van der Waals surface area (Å²) in [6, 6.07) is 20.4.